The highest BCUT2D eigenvalue weighted by molar-refractivity contribution is 5.81. The summed E-state index contributed by atoms with van der Waals surface area (Å²) in [5, 5.41) is 2.42. The van der Waals surface area contributed by atoms with Crippen molar-refractivity contribution in [1.29, 1.82) is 0 Å². The SMILES string of the molecule is CNC(=O)[C@@H](N)CCC(=O)OC(C)(C)C. The van der Waals surface area contributed by atoms with Crippen LogP contribution in [0.5, 0.6) is 0 Å². The predicted octanol–water partition coefficient (Wildman–Crippen LogP) is 0.182. The minimum Gasteiger partial charge on any atom is -0.460 e. The highest BCUT2D eigenvalue weighted by Gasteiger charge is 2.18. The van der Waals surface area contributed by atoms with Gasteiger partial charge in [-0.2, -0.15) is 0 Å². The van der Waals surface area contributed by atoms with Crippen LogP contribution in [0.3, 0.4) is 0 Å². The molecule has 15 heavy (non-hydrogen) atoms. The van der Waals surface area contributed by atoms with Crippen LogP contribution in [-0.4, -0.2) is 30.6 Å². The molecule has 0 fully saturated rings. The second-order valence-electron chi connectivity index (χ2n) is 4.35. The van der Waals surface area contributed by atoms with E-state index >= 15 is 0 Å². The van der Waals surface area contributed by atoms with E-state index in [1.807, 2.05) is 0 Å². The first-order chi connectivity index (χ1) is 6.76. The fourth-order valence-corrected chi connectivity index (χ4v) is 0.982. The summed E-state index contributed by atoms with van der Waals surface area (Å²) < 4.78 is 5.08. The number of nitrogens with two attached hydrogens (primary N) is 1. The molecule has 0 radical (unpaired) electrons. The Bertz CT molecular complexity index is 233. The molecule has 0 spiro atoms. The lowest BCUT2D eigenvalue weighted by Crippen LogP contribution is -2.39. The third-order valence-electron chi connectivity index (χ3n) is 1.66. The van der Waals surface area contributed by atoms with Crippen LogP contribution in [-0.2, 0) is 14.3 Å². The van der Waals surface area contributed by atoms with Gasteiger partial charge in [-0.1, -0.05) is 0 Å². The Hall–Kier alpha value is -1.10. The average molecular weight is 216 g/mol. The summed E-state index contributed by atoms with van der Waals surface area (Å²) in [5.41, 5.74) is 5.03. The lowest BCUT2D eigenvalue weighted by atomic mass is 10.1. The van der Waals surface area contributed by atoms with Crippen LogP contribution in [0.15, 0.2) is 0 Å². The van der Waals surface area contributed by atoms with Gasteiger partial charge in [0.2, 0.25) is 5.91 Å². The number of carbonyl (C=O) groups is 2. The van der Waals surface area contributed by atoms with Gasteiger partial charge in [-0.05, 0) is 27.2 Å². The van der Waals surface area contributed by atoms with Gasteiger partial charge >= 0.3 is 5.97 Å². The van der Waals surface area contributed by atoms with E-state index in [1.165, 1.54) is 7.05 Å². The standard InChI is InChI=1S/C10H20N2O3/c1-10(2,3)15-8(13)6-5-7(11)9(14)12-4/h7H,5-6,11H2,1-4H3,(H,12,14)/t7-/m0/s1. The first-order valence-corrected chi connectivity index (χ1v) is 4.95. The topological polar surface area (TPSA) is 81.4 Å². The van der Waals surface area contributed by atoms with Crippen molar-refractivity contribution in [1.82, 2.24) is 5.32 Å². The Morgan fingerprint density at radius 3 is 2.33 bits per heavy atom. The van der Waals surface area contributed by atoms with Crippen LogP contribution in [0, 0.1) is 0 Å². The molecule has 0 aliphatic carbocycles. The molecular formula is C10H20N2O3. The Kier molecular flexibility index (Phi) is 5.28. The fraction of sp³-hybridized carbons (Fsp3) is 0.800. The number of amides is 1. The molecule has 0 saturated carbocycles. The fourth-order valence-electron chi connectivity index (χ4n) is 0.982. The minimum atomic E-state index is -0.650. The van der Waals surface area contributed by atoms with Crippen LogP contribution in [0.25, 0.3) is 0 Å². The summed E-state index contributed by atoms with van der Waals surface area (Å²) >= 11 is 0. The zero-order chi connectivity index (χ0) is 12.1. The number of rotatable bonds is 4. The van der Waals surface area contributed by atoms with Crippen molar-refractivity contribution >= 4 is 11.9 Å². The van der Waals surface area contributed by atoms with Gasteiger partial charge in [-0.15, -0.1) is 0 Å². The molecule has 5 heteroatoms. The Labute approximate surface area is 90.4 Å². The number of nitrogens with one attached hydrogen (secondary N) is 1. The highest BCUT2D eigenvalue weighted by Crippen LogP contribution is 2.09. The third kappa shape index (κ3) is 6.90. The van der Waals surface area contributed by atoms with Gasteiger partial charge in [0, 0.05) is 13.5 Å². The average Bonchev–Trinajstić information content (AvgIpc) is 2.10. The second kappa shape index (κ2) is 5.70. The molecule has 3 N–H and O–H groups in total. The number of esters is 1. The van der Waals surface area contributed by atoms with Crippen LogP contribution in [0.2, 0.25) is 0 Å². The summed E-state index contributed by atoms with van der Waals surface area (Å²) in [7, 11) is 1.51. The van der Waals surface area contributed by atoms with Crippen molar-refractivity contribution in [2.75, 3.05) is 7.05 Å². The number of ether oxygens (including phenoxy) is 1. The Balaban J connectivity index is 3.86. The van der Waals surface area contributed by atoms with E-state index in [2.05, 4.69) is 5.32 Å². The summed E-state index contributed by atoms with van der Waals surface area (Å²) in [5.74, 6) is -0.597. The van der Waals surface area contributed by atoms with Crippen molar-refractivity contribution in [3.63, 3.8) is 0 Å². The maximum atomic E-state index is 11.3. The van der Waals surface area contributed by atoms with Crippen LogP contribution in [0.1, 0.15) is 33.6 Å². The van der Waals surface area contributed by atoms with Crippen molar-refractivity contribution in [3.05, 3.63) is 0 Å². The lowest BCUT2D eigenvalue weighted by molar-refractivity contribution is -0.155. The first kappa shape index (κ1) is 13.9. The molecule has 0 aliphatic heterocycles. The van der Waals surface area contributed by atoms with E-state index in [4.69, 9.17) is 10.5 Å². The maximum Gasteiger partial charge on any atom is 0.306 e. The Morgan fingerprint density at radius 2 is 1.93 bits per heavy atom. The Morgan fingerprint density at radius 1 is 1.40 bits per heavy atom. The molecule has 5 nitrogen and oxygen atoms in total. The first-order valence-electron chi connectivity index (χ1n) is 4.95. The molecule has 0 aromatic rings. The van der Waals surface area contributed by atoms with Gasteiger partial charge in [0.05, 0.1) is 6.04 Å². The van der Waals surface area contributed by atoms with Gasteiger partial charge in [-0.25, -0.2) is 0 Å². The van der Waals surface area contributed by atoms with E-state index < -0.39 is 11.6 Å². The molecule has 0 unspecified atom stereocenters. The van der Waals surface area contributed by atoms with E-state index in [9.17, 15) is 9.59 Å². The lowest BCUT2D eigenvalue weighted by Gasteiger charge is -2.19. The zero-order valence-corrected chi connectivity index (χ0v) is 9.79. The van der Waals surface area contributed by atoms with Crippen LogP contribution >= 0.6 is 0 Å². The van der Waals surface area contributed by atoms with Gasteiger partial charge < -0.3 is 15.8 Å². The van der Waals surface area contributed by atoms with Crippen LogP contribution < -0.4 is 11.1 Å². The van der Waals surface area contributed by atoms with E-state index in [-0.39, 0.29) is 18.3 Å². The third-order valence-corrected chi connectivity index (χ3v) is 1.66. The molecule has 0 aliphatic rings. The molecule has 0 bridgehead atoms. The maximum absolute atomic E-state index is 11.3. The number of carbonyl (C=O) groups excluding carboxylic acids is 2. The summed E-state index contributed by atoms with van der Waals surface area (Å²) in [6.45, 7) is 5.39. The number of hydrogen-bond acceptors (Lipinski definition) is 4. The zero-order valence-electron chi connectivity index (χ0n) is 9.79. The normalized spacial score (nSPS) is 13.1. The number of likely N-dealkylation sites (N-methyl/N-ethyl adjacent to an activating group) is 1. The quantitative estimate of drug-likeness (QED) is 0.657. The summed E-state index contributed by atoms with van der Waals surface area (Å²) in [6, 6.07) is -0.650. The highest BCUT2D eigenvalue weighted by atomic mass is 16.6. The monoisotopic (exact) mass is 216 g/mol. The molecule has 1 amide bonds. The molecule has 88 valence electrons. The smallest absolute Gasteiger partial charge is 0.306 e. The van der Waals surface area contributed by atoms with Crippen molar-refractivity contribution in [3.8, 4) is 0 Å². The van der Waals surface area contributed by atoms with Crippen molar-refractivity contribution in [2.45, 2.75) is 45.3 Å². The van der Waals surface area contributed by atoms with E-state index in [1.54, 1.807) is 20.8 Å². The minimum absolute atomic E-state index is 0.159. The van der Waals surface area contributed by atoms with Gasteiger partial charge in [0.1, 0.15) is 5.60 Å². The predicted molar refractivity (Wildman–Crippen MR) is 57.1 cm³/mol. The van der Waals surface area contributed by atoms with Gasteiger partial charge in [0.15, 0.2) is 0 Å². The summed E-state index contributed by atoms with van der Waals surface area (Å²) in [4.78, 5) is 22.3. The van der Waals surface area contributed by atoms with Crippen molar-refractivity contribution in [2.24, 2.45) is 5.73 Å². The van der Waals surface area contributed by atoms with Gasteiger partial charge in [-0.3, -0.25) is 9.59 Å². The van der Waals surface area contributed by atoms with E-state index in [0.717, 1.165) is 0 Å². The summed E-state index contributed by atoms with van der Waals surface area (Å²) in [6.07, 6.45) is 0.459. The largest absolute Gasteiger partial charge is 0.460 e. The number of hydrogen-bond donors (Lipinski definition) is 2. The second-order valence-corrected chi connectivity index (χ2v) is 4.35. The van der Waals surface area contributed by atoms with E-state index in [0.29, 0.717) is 6.42 Å². The van der Waals surface area contributed by atoms with Crippen LogP contribution in [0.4, 0.5) is 0 Å². The molecule has 0 aromatic heterocycles. The molecule has 0 aromatic carbocycles. The molecular weight excluding hydrogens is 196 g/mol. The molecule has 0 rings (SSSR count). The van der Waals surface area contributed by atoms with Gasteiger partial charge in [0.25, 0.3) is 0 Å². The molecule has 1 atom stereocenters. The molecule has 0 heterocycles. The molecule has 0 saturated heterocycles. The van der Waals surface area contributed by atoms with Crippen molar-refractivity contribution < 1.29 is 14.3 Å².